The Bertz CT molecular complexity index is 307. The number of hydrogen-bond donors (Lipinski definition) is 0. The van der Waals surface area contributed by atoms with E-state index in [-0.39, 0.29) is 12.8 Å². The van der Waals surface area contributed by atoms with Gasteiger partial charge in [-0.15, -0.1) is 0 Å². The fourth-order valence-corrected chi connectivity index (χ4v) is 2.95. The number of unbranched alkanes of at least 4 members (excludes halogenated alkanes) is 4. The van der Waals surface area contributed by atoms with Gasteiger partial charge < -0.3 is 19.1 Å². The zero-order valence-corrected chi connectivity index (χ0v) is 18.0. The molecule has 0 N–H and O–H groups in total. The second-order valence-corrected chi connectivity index (χ2v) is 7.10. The number of carboxylic acid groups (broad SMARTS) is 1. The van der Waals surface area contributed by atoms with Crippen molar-refractivity contribution >= 4 is 11.9 Å². The molecule has 0 heterocycles. The molecule has 0 fully saturated rings. The number of ether oxygens (including phenoxy) is 1. The van der Waals surface area contributed by atoms with E-state index in [0.717, 1.165) is 0 Å². The summed E-state index contributed by atoms with van der Waals surface area (Å²) in [6.45, 7) is 15.0. The average molecular weight is 374 g/mol. The van der Waals surface area contributed by atoms with Gasteiger partial charge in [0.1, 0.15) is 0 Å². The Morgan fingerprint density at radius 1 is 0.731 bits per heavy atom. The number of carbonyl (C=O) groups excluding carboxylic acids is 2. The molecular weight excluding hydrogens is 330 g/mol. The first-order valence-electron chi connectivity index (χ1n) is 10.5. The molecule has 0 spiro atoms. The molecule has 0 radical (unpaired) electrons. The topological polar surface area (TPSA) is 66.4 Å². The van der Waals surface area contributed by atoms with E-state index < -0.39 is 11.9 Å². The fraction of sp³-hybridized carbons (Fsp3) is 0.905. The lowest BCUT2D eigenvalue weighted by atomic mass is 10.1. The molecule has 0 aliphatic rings. The van der Waals surface area contributed by atoms with E-state index >= 15 is 0 Å². The van der Waals surface area contributed by atoms with E-state index in [0.29, 0.717) is 0 Å². The molecule has 5 nitrogen and oxygen atoms in total. The number of carbonyl (C=O) groups is 2. The van der Waals surface area contributed by atoms with E-state index in [4.69, 9.17) is 0 Å². The first-order valence-corrected chi connectivity index (χ1v) is 10.5. The van der Waals surface area contributed by atoms with Gasteiger partial charge in [0.2, 0.25) is 0 Å². The Morgan fingerprint density at radius 3 is 1.31 bits per heavy atom. The summed E-state index contributed by atoms with van der Waals surface area (Å²) in [6.07, 6.45) is 10.7. The number of carboxylic acids is 1. The fourth-order valence-electron chi connectivity index (χ4n) is 2.95. The summed E-state index contributed by atoms with van der Waals surface area (Å²) in [5.41, 5.74) is 0. The number of nitrogens with zero attached hydrogens (tertiary/aromatic N) is 1. The number of aliphatic carboxylic acids is 1. The highest BCUT2D eigenvalue weighted by Gasteiger charge is 2.24. The lowest BCUT2D eigenvalue weighted by molar-refractivity contribution is -0.929. The maximum Gasteiger partial charge on any atom is 0.305 e. The molecule has 0 aromatic carbocycles. The van der Waals surface area contributed by atoms with Gasteiger partial charge in [-0.25, -0.2) is 0 Å². The van der Waals surface area contributed by atoms with E-state index in [9.17, 15) is 14.7 Å². The van der Waals surface area contributed by atoms with E-state index in [1.807, 2.05) is 0 Å². The van der Waals surface area contributed by atoms with Crippen molar-refractivity contribution < 1.29 is 23.9 Å². The maximum atomic E-state index is 10.2. The van der Waals surface area contributed by atoms with Crippen molar-refractivity contribution in [2.45, 2.75) is 91.9 Å². The van der Waals surface area contributed by atoms with E-state index in [2.05, 4.69) is 32.4 Å². The molecule has 156 valence electrons. The molecule has 0 aromatic heterocycles. The van der Waals surface area contributed by atoms with Crippen molar-refractivity contribution in [1.29, 1.82) is 0 Å². The quantitative estimate of drug-likeness (QED) is 0.324. The molecule has 5 heteroatoms. The largest absolute Gasteiger partial charge is 0.550 e. The zero-order chi connectivity index (χ0) is 20.3. The summed E-state index contributed by atoms with van der Waals surface area (Å²) in [7, 11) is 1.21. The maximum absolute atomic E-state index is 10.2. The van der Waals surface area contributed by atoms with Crippen LogP contribution >= 0.6 is 0 Å². The molecule has 0 bridgehead atoms. The van der Waals surface area contributed by atoms with Crippen LogP contribution < -0.4 is 5.11 Å². The van der Waals surface area contributed by atoms with Gasteiger partial charge in [0.05, 0.1) is 39.7 Å². The van der Waals surface area contributed by atoms with Crippen molar-refractivity contribution in [2.75, 3.05) is 33.3 Å². The molecule has 0 aliphatic heterocycles. The second kappa shape index (κ2) is 18.7. The summed E-state index contributed by atoms with van der Waals surface area (Å²) >= 11 is 0. The Labute approximate surface area is 161 Å². The highest BCUT2D eigenvalue weighted by Crippen LogP contribution is 2.16. The standard InChI is InChI=1S/C16H36N.C5H8O4/c1-5-9-13-17(14-10-6-2,15-11-7-3)16-12-8-4;1-9-5(8)3-2-4(6)7/h5-16H2,1-4H3;2-3H2,1H3,(H,6,7)/q+1;/p-1. The summed E-state index contributed by atoms with van der Waals surface area (Å²) in [5.74, 6) is -1.76. The summed E-state index contributed by atoms with van der Waals surface area (Å²) in [4.78, 5) is 19.9. The Morgan fingerprint density at radius 2 is 1.08 bits per heavy atom. The third-order valence-corrected chi connectivity index (χ3v) is 4.70. The van der Waals surface area contributed by atoms with Crippen LogP contribution in [0.25, 0.3) is 0 Å². The molecule has 0 aliphatic carbocycles. The zero-order valence-electron chi connectivity index (χ0n) is 18.0. The lowest BCUT2D eigenvalue weighted by Crippen LogP contribution is -2.50. The number of quaternary nitrogens is 1. The van der Waals surface area contributed by atoms with Crippen molar-refractivity contribution in [3.63, 3.8) is 0 Å². The normalized spacial score (nSPS) is 10.8. The van der Waals surface area contributed by atoms with Crippen LogP contribution in [0.1, 0.15) is 91.9 Å². The van der Waals surface area contributed by atoms with Crippen molar-refractivity contribution in [2.24, 2.45) is 0 Å². The number of hydrogen-bond acceptors (Lipinski definition) is 4. The van der Waals surface area contributed by atoms with Gasteiger partial charge in [-0.2, -0.15) is 0 Å². The monoisotopic (exact) mass is 373 g/mol. The lowest BCUT2D eigenvalue weighted by Gasteiger charge is -2.39. The first kappa shape index (κ1) is 27.1. The molecule has 0 amide bonds. The molecule has 0 atom stereocenters. The van der Waals surface area contributed by atoms with Crippen LogP contribution in [0.5, 0.6) is 0 Å². The molecule has 0 unspecified atom stereocenters. The smallest absolute Gasteiger partial charge is 0.305 e. The van der Waals surface area contributed by atoms with Gasteiger partial charge in [0.25, 0.3) is 0 Å². The Balaban J connectivity index is 0. The van der Waals surface area contributed by atoms with Crippen molar-refractivity contribution in [1.82, 2.24) is 0 Å². The SMILES string of the molecule is CCCC[N+](CCCC)(CCCC)CCCC.COC(=O)CCC(=O)[O-]. The van der Waals surface area contributed by atoms with Crippen LogP contribution in [0.15, 0.2) is 0 Å². The highest BCUT2D eigenvalue weighted by molar-refractivity contribution is 5.75. The highest BCUT2D eigenvalue weighted by atomic mass is 16.5. The molecular formula is C21H43NO4. The second-order valence-electron chi connectivity index (χ2n) is 7.10. The van der Waals surface area contributed by atoms with Gasteiger partial charge in [0.15, 0.2) is 0 Å². The number of rotatable bonds is 15. The summed E-state index contributed by atoms with van der Waals surface area (Å²) < 4.78 is 5.59. The van der Waals surface area contributed by atoms with Crippen LogP contribution in [0.2, 0.25) is 0 Å². The first-order chi connectivity index (χ1) is 12.4. The third-order valence-electron chi connectivity index (χ3n) is 4.70. The van der Waals surface area contributed by atoms with Gasteiger partial charge in [-0.3, -0.25) is 4.79 Å². The van der Waals surface area contributed by atoms with E-state index in [1.54, 1.807) is 0 Å². The van der Waals surface area contributed by atoms with Gasteiger partial charge in [-0.1, -0.05) is 53.4 Å². The Kier molecular flexibility index (Phi) is 19.5. The molecule has 0 saturated carbocycles. The van der Waals surface area contributed by atoms with Gasteiger partial charge in [-0.05, 0) is 32.1 Å². The predicted octanol–water partition coefficient (Wildman–Crippen LogP) is 3.69. The predicted molar refractivity (Wildman–Crippen MR) is 106 cm³/mol. The van der Waals surface area contributed by atoms with Crippen LogP contribution in [-0.2, 0) is 14.3 Å². The summed E-state index contributed by atoms with van der Waals surface area (Å²) in [6, 6.07) is 0. The van der Waals surface area contributed by atoms with Crippen LogP contribution in [0.3, 0.4) is 0 Å². The Hall–Kier alpha value is -1.10. The average Bonchev–Trinajstić information content (AvgIpc) is 2.65. The molecule has 0 aromatic rings. The number of methoxy groups -OCH3 is 1. The summed E-state index contributed by atoms with van der Waals surface area (Å²) in [5, 5.41) is 9.70. The van der Waals surface area contributed by atoms with Crippen LogP contribution in [0, 0.1) is 0 Å². The molecule has 0 saturated heterocycles. The molecule has 0 rings (SSSR count). The van der Waals surface area contributed by atoms with Crippen molar-refractivity contribution in [3.8, 4) is 0 Å². The third kappa shape index (κ3) is 16.4. The minimum atomic E-state index is -1.24. The van der Waals surface area contributed by atoms with Crippen molar-refractivity contribution in [3.05, 3.63) is 0 Å². The minimum Gasteiger partial charge on any atom is -0.550 e. The van der Waals surface area contributed by atoms with Crippen LogP contribution in [0.4, 0.5) is 0 Å². The molecule has 26 heavy (non-hydrogen) atoms. The number of esters is 1. The minimum absolute atomic E-state index is 0.112. The van der Waals surface area contributed by atoms with Crippen LogP contribution in [-0.4, -0.2) is 49.7 Å². The van der Waals surface area contributed by atoms with Gasteiger partial charge >= 0.3 is 5.97 Å². The van der Waals surface area contributed by atoms with E-state index in [1.165, 1.54) is 89.1 Å². The van der Waals surface area contributed by atoms with Gasteiger partial charge in [0, 0.05) is 5.97 Å².